The zero-order valence-electron chi connectivity index (χ0n) is 13.4. The quantitative estimate of drug-likeness (QED) is 0.814. The molecule has 0 aliphatic carbocycles. The number of carbonyl (C=O) groups excluding carboxylic acids is 1. The summed E-state index contributed by atoms with van der Waals surface area (Å²) >= 11 is 0. The Morgan fingerprint density at radius 1 is 1.30 bits per heavy atom. The van der Waals surface area contributed by atoms with E-state index in [1.165, 1.54) is 0 Å². The van der Waals surface area contributed by atoms with E-state index in [1.54, 1.807) is 16.7 Å². The molecule has 23 heavy (non-hydrogen) atoms. The third-order valence-corrected chi connectivity index (χ3v) is 6.82. The minimum Gasteiger partial charge on any atom is -0.334 e. The minimum atomic E-state index is -3.21. The van der Waals surface area contributed by atoms with E-state index >= 15 is 0 Å². The summed E-state index contributed by atoms with van der Waals surface area (Å²) in [5.41, 5.74) is 0.983. The first-order chi connectivity index (χ1) is 11.0. The number of aromatic nitrogens is 1. The van der Waals surface area contributed by atoms with Crippen molar-refractivity contribution in [3.63, 3.8) is 0 Å². The number of nitrogens with zero attached hydrogens (tertiary/aromatic N) is 3. The molecule has 2 fully saturated rings. The first-order valence-corrected chi connectivity index (χ1v) is 9.81. The zero-order chi connectivity index (χ0) is 16.4. The fraction of sp³-hybridized carbons (Fsp3) is 0.625. The summed E-state index contributed by atoms with van der Waals surface area (Å²) in [7, 11) is -3.21. The molecular formula is C16H23N3O3S. The van der Waals surface area contributed by atoms with Crippen LogP contribution in [0, 0.1) is 0 Å². The molecule has 2 aliphatic rings. The maximum absolute atomic E-state index is 12.4. The molecule has 3 heterocycles. The highest BCUT2D eigenvalue weighted by Gasteiger charge is 2.46. The standard InChI is InChI=1S/C16H23N3O3S/c1-2-10-23(21,22)19-9-7-14-15(19)5-6-16(20)18(14)12-13-4-3-8-17-11-13/h3-4,8,11,14-15H,2,5-7,9-10,12H2,1H3/t14-,15-/m0/s1. The normalized spacial score (nSPS) is 25.6. The largest absolute Gasteiger partial charge is 0.334 e. The maximum atomic E-state index is 12.4. The van der Waals surface area contributed by atoms with Crippen LogP contribution in [0.1, 0.15) is 38.2 Å². The van der Waals surface area contributed by atoms with Crippen LogP contribution >= 0.6 is 0 Å². The van der Waals surface area contributed by atoms with E-state index in [1.807, 2.05) is 24.0 Å². The fourth-order valence-electron chi connectivity index (χ4n) is 3.72. The number of carbonyl (C=O) groups is 1. The predicted octanol–water partition coefficient (Wildman–Crippen LogP) is 1.39. The van der Waals surface area contributed by atoms with Gasteiger partial charge in [-0.1, -0.05) is 13.0 Å². The SMILES string of the molecule is CCCS(=O)(=O)N1CC[C@H]2[C@@H]1CCC(=O)N2Cc1cccnc1. The molecule has 0 unspecified atom stereocenters. The molecule has 1 amide bonds. The molecule has 0 radical (unpaired) electrons. The predicted molar refractivity (Wildman–Crippen MR) is 87.0 cm³/mol. The van der Waals surface area contributed by atoms with Crippen LogP contribution in [0.3, 0.4) is 0 Å². The number of rotatable bonds is 5. The number of hydrogen-bond acceptors (Lipinski definition) is 4. The highest BCUT2D eigenvalue weighted by Crippen LogP contribution is 2.34. The van der Waals surface area contributed by atoms with Crippen LogP contribution in [0.15, 0.2) is 24.5 Å². The van der Waals surface area contributed by atoms with Gasteiger partial charge in [0.25, 0.3) is 0 Å². The molecule has 1 aromatic rings. The average molecular weight is 337 g/mol. The van der Waals surface area contributed by atoms with Gasteiger partial charge in [-0.2, -0.15) is 4.31 Å². The van der Waals surface area contributed by atoms with E-state index in [2.05, 4.69) is 4.98 Å². The molecule has 0 bridgehead atoms. The molecule has 1 aromatic heterocycles. The van der Waals surface area contributed by atoms with Gasteiger partial charge in [-0.25, -0.2) is 8.42 Å². The smallest absolute Gasteiger partial charge is 0.223 e. The fourth-order valence-corrected chi connectivity index (χ4v) is 5.52. The monoisotopic (exact) mass is 337 g/mol. The first kappa shape index (κ1) is 16.4. The van der Waals surface area contributed by atoms with Crippen molar-refractivity contribution >= 4 is 15.9 Å². The molecular weight excluding hydrogens is 314 g/mol. The van der Waals surface area contributed by atoms with Crippen molar-refractivity contribution in [1.29, 1.82) is 0 Å². The Kier molecular flexibility index (Phi) is 4.68. The van der Waals surface area contributed by atoms with Crippen molar-refractivity contribution < 1.29 is 13.2 Å². The molecule has 2 saturated heterocycles. The Bertz CT molecular complexity index is 662. The average Bonchev–Trinajstić information content (AvgIpc) is 2.96. The van der Waals surface area contributed by atoms with Crippen molar-refractivity contribution in [3.05, 3.63) is 30.1 Å². The van der Waals surface area contributed by atoms with Gasteiger partial charge in [-0.3, -0.25) is 9.78 Å². The maximum Gasteiger partial charge on any atom is 0.223 e. The number of sulfonamides is 1. The van der Waals surface area contributed by atoms with Gasteiger partial charge in [0.05, 0.1) is 5.75 Å². The Morgan fingerprint density at radius 2 is 2.13 bits per heavy atom. The number of pyridine rings is 1. The van der Waals surface area contributed by atoms with Crippen LogP contribution in [0.4, 0.5) is 0 Å². The Hall–Kier alpha value is -1.47. The molecule has 126 valence electrons. The van der Waals surface area contributed by atoms with Crippen LogP contribution in [0.2, 0.25) is 0 Å². The van der Waals surface area contributed by atoms with Crippen molar-refractivity contribution in [2.75, 3.05) is 12.3 Å². The van der Waals surface area contributed by atoms with Crippen LogP contribution in [-0.4, -0.2) is 52.9 Å². The lowest BCUT2D eigenvalue weighted by Crippen LogP contribution is -2.53. The van der Waals surface area contributed by atoms with Gasteiger partial charge in [0.2, 0.25) is 15.9 Å². The van der Waals surface area contributed by atoms with Crippen LogP contribution in [0.25, 0.3) is 0 Å². The Morgan fingerprint density at radius 3 is 2.83 bits per heavy atom. The van der Waals surface area contributed by atoms with E-state index in [0.717, 1.165) is 12.0 Å². The molecule has 0 aromatic carbocycles. The van der Waals surface area contributed by atoms with Crippen LogP contribution in [-0.2, 0) is 21.4 Å². The summed E-state index contributed by atoms with van der Waals surface area (Å²) in [5.74, 6) is 0.303. The van der Waals surface area contributed by atoms with Gasteiger partial charge in [0.15, 0.2) is 0 Å². The second kappa shape index (κ2) is 6.57. The minimum absolute atomic E-state index is 0.0110. The highest BCUT2D eigenvalue weighted by atomic mass is 32.2. The number of piperidine rings is 1. The third-order valence-electron chi connectivity index (χ3n) is 4.73. The number of likely N-dealkylation sites (tertiary alicyclic amines) is 1. The lowest BCUT2D eigenvalue weighted by molar-refractivity contribution is -0.138. The number of fused-ring (bicyclic) bond motifs is 1. The van der Waals surface area contributed by atoms with Gasteiger partial charge in [-0.05, 0) is 30.9 Å². The molecule has 0 spiro atoms. The van der Waals surface area contributed by atoms with Crippen LogP contribution < -0.4 is 0 Å². The third kappa shape index (κ3) is 3.26. The Labute approximate surface area is 137 Å². The van der Waals surface area contributed by atoms with Gasteiger partial charge in [0, 0.05) is 44.0 Å². The number of hydrogen-bond donors (Lipinski definition) is 0. The lowest BCUT2D eigenvalue weighted by Gasteiger charge is -2.39. The van der Waals surface area contributed by atoms with Gasteiger partial charge in [-0.15, -0.1) is 0 Å². The van der Waals surface area contributed by atoms with E-state index in [4.69, 9.17) is 0 Å². The molecule has 2 atom stereocenters. The molecule has 3 rings (SSSR count). The summed E-state index contributed by atoms with van der Waals surface area (Å²) in [6, 6.07) is 3.72. The van der Waals surface area contributed by atoms with Crippen molar-refractivity contribution in [2.45, 2.75) is 51.2 Å². The summed E-state index contributed by atoms with van der Waals surface area (Å²) < 4.78 is 26.5. The topological polar surface area (TPSA) is 70.6 Å². The summed E-state index contributed by atoms with van der Waals surface area (Å²) in [5, 5.41) is 0. The van der Waals surface area contributed by atoms with E-state index < -0.39 is 10.0 Å². The Balaban J connectivity index is 1.79. The molecule has 6 nitrogen and oxygen atoms in total. The van der Waals surface area contributed by atoms with Gasteiger partial charge >= 0.3 is 0 Å². The summed E-state index contributed by atoms with van der Waals surface area (Å²) in [6.45, 7) is 2.91. The first-order valence-electron chi connectivity index (χ1n) is 8.21. The van der Waals surface area contributed by atoms with Crippen LogP contribution in [0.5, 0.6) is 0 Å². The van der Waals surface area contributed by atoms with Crippen molar-refractivity contribution in [3.8, 4) is 0 Å². The van der Waals surface area contributed by atoms with E-state index in [0.29, 0.717) is 32.4 Å². The second-order valence-corrected chi connectivity index (χ2v) is 8.31. The van der Waals surface area contributed by atoms with Crippen molar-refractivity contribution in [1.82, 2.24) is 14.2 Å². The molecule has 0 saturated carbocycles. The van der Waals surface area contributed by atoms with Crippen molar-refractivity contribution in [2.24, 2.45) is 0 Å². The highest BCUT2D eigenvalue weighted by molar-refractivity contribution is 7.89. The zero-order valence-corrected chi connectivity index (χ0v) is 14.2. The molecule has 7 heteroatoms. The molecule has 0 N–H and O–H groups in total. The van der Waals surface area contributed by atoms with E-state index in [-0.39, 0.29) is 23.7 Å². The molecule has 2 aliphatic heterocycles. The van der Waals surface area contributed by atoms with E-state index in [9.17, 15) is 13.2 Å². The summed E-state index contributed by atoms with van der Waals surface area (Å²) in [4.78, 5) is 18.3. The number of amides is 1. The second-order valence-electron chi connectivity index (χ2n) is 6.27. The van der Waals surface area contributed by atoms with Gasteiger partial charge < -0.3 is 4.90 Å². The lowest BCUT2D eigenvalue weighted by atomic mass is 9.96. The van der Waals surface area contributed by atoms with Gasteiger partial charge in [0.1, 0.15) is 0 Å². The summed E-state index contributed by atoms with van der Waals surface area (Å²) in [6.07, 6.45) is 5.86.